The van der Waals surface area contributed by atoms with Crippen LogP contribution in [0.3, 0.4) is 0 Å². The summed E-state index contributed by atoms with van der Waals surface area (Å²) in [6.07, 6.45) is 1.16. The molecule has 8 heteroatoms. The number of phenolic OH excluding ortho intramolecular Hbond substituents is 2. The first-order valence-electron chi connectivity index (χ1n) is 5.14. The number of nitrogens with one attached hydrogen (secondary N) is 1. The normalized spacial score (nSPS) is 10.3. The average Bonchev–Trinajstić information content (AvgIpc) is 2.76. The summed E-state index contributed by atoms with van der Waals surface area (Å²) in [6, 6.07) is 5.56. The Morgan fingerprint density at radius 1 is 1.26 bits per heavy atom. The Balaban J connectivity index is 0.00000180. The molecule has 104 valence electrons. The monoisotopic (exact) mass is 291 g/mol. The lowest BCUT2D eigenvalue weighted by molar-refractivity contribution is 0.0569. The van der Waals surface area contributed by atoms with E-state index in [4.69, 9.17) is 5.11 Å². The van der Waals surface area contributed by atoms with Gasteiger partial charge >= 0.3 is 6.55 Å². The lowest BCUT2D eigenvalue weighted by Gasteiger charge is -2.06. The van der Waals surface area contributed by atoms with Crippen LogP contribution in [0.5, 0.6) is 11.5 Å². The molecule has 2 rings (SSSR count). The molecule has 0 aliphatic carbocycles. The molecule has 19 heavy (non-hydrogen) atoms. The van der Waals surface area contributed by atoms with Gasteiger partial charge in [0.1, 0.15) is 17.3 Å². The highest BCUT2D eigenvalue weighted by Crippen LogP contribution is 2.23. The van der Waals surface area contributed by atoms with Gasteiger partial charge in [0.2, 0.25) is 0 Å². The number of halogens is 3. The highest BCUT2D eigenvalue weighted by atomic mass is 35.5. The van der Waals surface area contributed by atoms with Gasteiger partial charge in [-0.25, -0.2) is 4.68 Å². The Bertz CT molecular complexity index is 548. The lowest BCUT2D eigenvalue weighted by Crippen LogP contribution is -2.03. The Kier molecular flexibility index (Phi) is 4.94. The number of hydrogen-bond donors (Lipinski definition) is 3. The topological polar surface area (TPSA) is 70.3 Å². The third kappa shape index (κ3) is 3.72. The fourth-order valence-electron chi connectivity index (χ4n) is 1.43. The van der Waals surface area contributed by atoms with Crippen LogP contribution in [-0.4, -0.2) is 20.0 Å². The summed E-state index contributed by atoms with van der Waals surface area (Å²) in [6.45, 7) is -2.46. The second-order valence-electron chi connectivity index (χ2n) is 3.63. The Morgan fingerprint density at radius 3 is 2.58 bits per heavy atom. The van der Waals surface area contributed by atoms with Crippen molar-refractivity contribution in [1.29, 1.82) is 0 Å². The van der Waals surface area contributed by atoms with Crippen molar-refractivity contribution in [2.75, 3.05) is 5.32 Å². The molecule has 1 aromatic carbocycles. The van der Waals surface area contributed by atoms with E-state index in [0.717, 1.165) is 6.20 Å². The predicted molar refractivity (Wildman–Crippen MR) is 67.8 cm³/mol. The van der Waals surface area contributed by atoms with Gasteiger partial charge in [0.15, 0.2) is 0 Å². The van der Waals surface area contributed by atoms with Crippen LogP contribution in [0.15, 0.2) is 30.5 Å². The average molecular weight is 292 g/mol. The molecular formula is C11H12ClF2N3O2. The summed E-state index contributed by atoms with van der Waals surface area (Å²) in [7, 11) is 0. The van der Waals surface area contributed by atoms with Crippen LogP contribution in [0, 0.1) is 0 Å². The van der Waals surface area contributed by atoms with Crippen molar-refractivity contribution in [3.8, 4) is 11.5 Å². The summed E-state index contributed by atoms with van der Waals surface area (Å²) in [5.74, 6) is 0.164. The molecule has 3 N–H and O–H groups in total. The van der Waals surface area contributed by atoms with Crippen LogP contribution >= 0.6 is 12.4 Å². The first-order valence-corrected chi connectivity index (χ1v) is 5.14. The van der Waals surface area contributed by atoms with Crippen molar-refractivity contribution in [3.63, 3.8) is 0 Å². The molecule has 0 fully saturated rings. The predicted octanol–water partition coefficient (Wildman–Crippen LogP) is 2.72. The zero-order chi connectivity index (χ0) is 13.1. The summed E-state index contributed by atoms with van der Waals surface area (Å²) >= 11 is 0. The molecule has 0 unspecified atom stereocenters. The number of benzene rings is 1. The molecule has 0 saturated carbocycles. The number of phenols is 2. The first kappa shape index (κ1) is 15.0. The molecule has 1 heterocycles. The van der Waals surface area contributed by atoms with E-state index in [1.807, 2.05) is 0 Å². The Hall–Kier alpha value is -2.02. The molecule has 0 bridgehead atoms. The van der Waals surface area contributed by atoms with E-state index in [2.05, 4.69) is 10.4 Å². The van der Waals surface area contributed by atoms with E-state index in [1.165, 1.54) is 24.3 Å². The maximum absolute atomic E-state index is 12.3. The number of aromatic hydroxyl groups is 2. The molecule has 5 nitrogen and oxygen atoms in total. The summed E-state index contributed by atoms with van der Waals surface area (Å²) in [5.41, 5.74) is 0.527. The molecule has 2 aromatic rings. The van der Waals surface area contributed by atoms with Crippen LogP contribution in [-0.2, 0) is 6.54 Å². The number of hydrogen-bond acceptors (Lipinski definition) is 4. The van der Waals surface area contributed by atoms with Gasteiger partial charge in [0, 0.05) is 30.4 Å². The van der Waals surface area contributed by atoms with E-state index in [1.54, 1.807) is 0 Å². The minimum atomic E-state index is -2.68. The Morgan fingerprint density at radius 2 is 2.00 bits per heavy atom. The summed E-state index contributed by atoms with van der Waals surface area (Å²) in [5, 5.41) is 25.0. The molecule has 0 spiro atoms. The standard InChI is InChI=1S/C11H11F2N3O2.ClH/c12-11(13)16-4-3-10(15-16)14-6-7-1-2-8(17)5-9(7)18;/h1-5,11,17-18H,6H2,(H,14,15);1H. The Labute approximate surface area is 113 Å². The molecule has 1 aromatic heterocycles. The van der Waals surface area contributed by atoms with Crippen molar-refractivity contribution < 1.29 is 19.0 Å². The number of alkyl halides is 2. The molecule has 0 aliphatic heterocycles. The van der Waals surface area contributed by atoms with Gasteiger partial charge in [-0.15, -0.1) is 12.4 Å². The van der Waals surface area contributed by atoms with E-state index in [0.29, 0.717) is 10.2 Å². The minimum Gasteiger partial charge on any atom is -0.508 e. The third-order valence-corrected chi connectivity index (χ3v) is 2.34. The summed E-state index contributed by atoms with van der Waals surface area (Å²) < 4.78 is 25.0. The van der Waals surface area contributed by atoms with E-state index in [-0.39, 0.29) is 36.3 Å². The smallest absolute Gasteiger partial charge is 0.333 e. The van der Waals surface area contributed by atoms with Gasteiger partial charge in [0.25, 0.3) is 0 Å². The van der Waals surface area contributed by atoms with Crippen molar-refractivity contribution in [1.82, 2.24) is 9.78 Å². The van der Waals surface area contributed by atoms with Gasteiger partial charge in [-0.2, -0.15) is 13.9 Å². The van der Waals surface area contributed by atoms with Crippen LogP contribution in [0.1, 0.15) is 12.1 Å². The minimum absolute atomic E-state index is 0. The summed E-state index contributed by atoms with van der Waals surface area (Å²) in [4.78, 5) is 0. The van der Waals surface area contributed by atoms with E-state index < -0.39 is 6.55 Å². The number of aromatic nitrogens is 2. The van der Waals surface area contributed by atoms with Crippen LogP contribution < -0.4 is 5.32 Å². The molecule has 0 atom stereocenters. The maximum atomic E-state index is 12.3. The van der Waals surface area contributed by atoms with Gasteiger partial charge in [-0.1, -0.05) is 0 Å². The highest BCUT2D eigenvalue weighted by molar-refractivity contribution is 5.85. The number of nitrogens with zero attached hydrogens (tertiary/aromatic N) is 2. The van der Waals surface area contributed by atoms with Crippen molar-refractivity contribution in [3.05, 3.63) is 36.0 Å². The molecule has 0 saturated heterocycles. The quantitative estimate of drug-likeness (QED) is 0.810. The van der Waals surface area contributed by atoms with Crippen LogP contribution in [0.4, 0.5) is 14.6 Å². The molecular weight excluding hydrogens is 280 g/mol. The van der Waals surface area contributed by atoms with Gasteiger partial charge < -0.3 is 15.5 Å². The second-order valence-corrected chi connectivity index (χ2v) is 3.63. The van der Waals surface area contributed by atoms with Crippen LogP contribution in [0.2, 0.25) is 0 Å². The maximum Gasteiger partial charge on any atom is 0.333 e. The van der Waals surface area contributed by atoms with Crippen molar-refractivity contribution >= 4 is 18.2 Å². The van der Waals surface area contributed by atoms with E-state index >= 15 is 0 Å². The largest absolute Gasteiger partial charge is 0.508 e. The zero-order valence-corrected chi connectivity index (χ0v) is 10.4. The zero-order valence-electron chi connectivity index (χ0n) is 9.62. The van der Waals surface area contributed by atoms with Gasteiger partial charge in [-0.3, -0.25) is 0 Å². The first-order chi connectivity index (χ1) is 8.56. The third-order valence-electron chi connectivity index (χ3n) is 2.34. The molecule has 0 amide bonds. The lowest BCUT2D eigenvalue weighted by atomic mass is 10.2. The fraction of sp³-hybridized carbons (Fsp3) is 0.182. The number of anilines is 1. The molecule has 0 aliphatic rings. The van der Waals surface area contributed by atoms with Crippen LogP contribution in [0.25, 0.3) is 0 Å². The fourth-order valence-corrected chi connectivity index (χ4v) is 1.43. The SMILES string of the molecule is Cl.Oc1ccc(CNc2ccn(C(F)F)n2)c(O)c1. The highest BCUT2D eigenvalue weighted by Gasteiger charge is 2.08. The van der Waals surface area contributed by atoms with Gasteiger partial charge in [-0.05, 0) is 12.1 Å². The van der Waals surface area contributed by atoms with Crippen molar-refractivity contribution in [2.24, 2.45) is 0 Å². The number of rotatable bonds is 4. The van der Waals surface area contributed by atoms with Gasteiger partial charge in [0.05, 0.1) is 0 Å². The van der Waals surface area contributed by atoms with E-state index in [9.17, 15) is 13.9 Å². The second kappa shape index (κ2) is 6.24. The molecule has 0 radical (unpaired) electrons. The van der Waals surface area contributed by atoms with Crippen molar-refractivity contribution in [2.45, 2.75) is 13.1 Å².